The van der Waals surface area contributed by atoms with Gasteiger partial charge in [-0.15, -0.1) is 5.10 Å². The third kappa shape index (κ3) is 2.06. The minimum atomic E-state index is -0.106. The number of aromatic nitrogens is 2. The molecule has 2 rings (SSSR count). The molecule has 0 atom stereocenters. The Hall–Kier alpha value is -1.82. The fourth-order valence-corrected chi connectivity index (χ4v) is 1.41. The summed E-state index contributed by atoms with van der Waals surface area (Å²) in [5, 5.41) is 13.2. The molecule has 6 heteroatoms. The summed E-state index contributed by atoms with van der Waals surface area (Å²) in [6.07, 6.45) is 0.281. The Labute approximate surface area is 92.9 Å². The molecule has 1 aliphatic rings. The van der Waals surface area contributed by atoms with Gasteiger partial charge < -0.3 is 4.74 Å². The number of hydrazone groups is 1. The number of hydrogen-bond acceptors (Lipinski definition) is 5. The molecule has 2 heterocycles. The SMILES string of the molecule is COCC1=NN(c2ccc(C)nn2)C(=O)C1. The van der Waals surface area contributed by atoms with Gasteiger partial charge in [0, 0.05) is 7.11 Å². The van der Waals surface area contributed by atoms with Gasteiger partial charge in [-0.1, -0.05) is 0 Å². The minimum absolute atomic E-state index is 0.106. The van der Waals surface area contributed by atoms with Gasteiger partial charge in [-0.3, -0.25) is 4.79 Å². The van der Waals surface area contributed by atoms with Gasteiger partial charge >= 0.3 is 0 Å². The summed E-state index contributed by atoms with van der Waals surface area (Å²) in [6, 6.07) is 3.51. The maximum absolute atomic E-state index is 11.6. The van der Waals surface area contributed by atoms with Crippen molar-refractivity contribution in [3.8, 4) is 0 Å². The number of aryl methyl sites for hydroxylation is 1. The smallest absolute Gasteiger partial charge is 0.254 e. The van der Waals surface area contributed by atoms with Crippen LogP contribution in [-0.2, 0) is 9.53 Å². The molecule has 6 nitrogen and oxygen atoms in total. The normalized spacial score (nSPS) is 15.5. The topological polar surface area (TPSA) is 67.7 Å². The molecule has 1 aromatic heterocycles. The zero-order valence-corrected chi connectivity index (χ0v) is 9.17. The molecule has 0 spiro atoms. The predicted octanol–water partition coefficient (Wildman–Crippen LogP) is 0.524. The van der Waals surface area contributed by atoms with Crippen LogP contribution in [0.3, 0.4) is 0 Å². The first kappa shape index (κ1) is 10.7. The molecule has 1 aliphatic heterocycles. The Kier molecular flexibility index (Phi) is 2.91. The van der Waals surface area contributed by atoms with E-state index in [4.69, 9.17) is 4.74 Å². The Balaban J connectivity index is 2.21. The molecule has 0 unspecified atom stereocenters. The van der Waals surface area contributed by atoms with Gasteiger partial charge in [0.25, 0.3) is 5.91 Å². The quantitative estimate of drug-likeness (QED) is 0.745. The number of rotatable bonds is 3. The van der Waals surface area contributed by atoms with Gasteiger partial charge in [-0.2, -0.15) is 15.2 Å². The first-order chi connectivity index (χ1) is 7.70. The molecule has 1 amide bonds. The molecule has 0 aliphatic carbocycles. The highest BCUT2D eigenvalue weighted by atomic mass is 16.5. The molecule has 0 aromatic carbocycles. The highest BCUT2D eigenvalue weighted by Crippen LogP contribution is 2.17. The third-order valence-electron chi connectivity index (χ3n) is 2.14. The largest absolute Gasteiger partial charge is 0.379 e. The van der Waals surface area contributed by atoms with Crippen LogP contribution in [0.1, 0.15) is 12.1 Å². The van der Waals surface area contributed by atoms with Crippen LogP contribution >= 0.6 is 0 Å². The number of carbonyl (C=O) groups is 1. The summed E-state index contributed by atoms with van der Waals surface area (Å²) in [6.45, 7) is 2.20. The number of amides is 1. The summed E-state index contributed by atoms with van der Waals surface area (Å²) < 4.78 is 4.93. The fourth-order valence-electron chi connectivity index (χ4n) is 1.41. The molecule has 1 aromatic rings. The molecular formula is C10H12N4O2. The van der Waals surface area contributed by atoms with Crippen LogP contribution in [0.4, 0.5) is 5.82 Å². The zero-order valence-electron chi connectivity index (χ0n) is 9.17. The van der Waals surface area contributed by atoms with Crippen molar-refractivity contribution >= 4 is 17.4 Å². The van der Waals surface area contributed by atoms with Crippen LogP contribution in [0.2, 0.25) is 0 Å². The molecule has 0 N–H and O–H groups in total. The standard InChI is InChI=1S/C10H12N4O2/c1-7-3-4-9(12-11-7)14-10(15)5-8(13-14)6-16-2/h3-4H,5-6H2,1-2H3. The zero-order chi connectivity index (χ0) is 11.5. The maximum Gasteiger partial charge on any atom is 0.254 e. The van der Waals surface area contributed by atoms with E-state index in [2.05, 4.69) is 15.3 Å². The van der Waals surface area contributed by atoms with Crippen LogP contribution in [0, 0.1) is 6.92 Å². The van der Waals surface area contributed by atoms with Gasteiger partial charge in [0.2, 0.25) is 0 Å². The van der Waals surface area contributed by atoms with Crippen molar-refractivity contribution in [3.05, 3.63) is 17.8 Å². The predicted molar refractivity (Wildman–Crippen MR) is 58.2 cm³/mol. The van der Waals surface area contributed by atoms with Gasteiger partial charge in [-0.05, 0) is 19.1 Å². The van der Waals surface area contributed by atoms with E-state index in [1.165, 1.54) is 5.01 Å². The summed E-state index contributed by atoms with van der Waals surface area (Å²) >= 11 is 0. The van der Waals surface area contributed by atoms with Crippen molar-refractivity contribution in [1.82, 2.24) is 10.2 Å². The number of hydrogen-bond donors (Lipinski definition) is 0. The highest BCUT2D eigenvalue weighted by Gasteiger charge is 2.26. The van der Waals surface area contributed by atoms with Gasteiger partial charge in [0.15, 0.2) is 5.82 Å². The lowest BCUT2D eigenvalue weighted by molar-refractivity contribution is -0.117. The average molecular weight is 220 g/mol. The van der Waals surface area contributed by atoms with E-state index in [0.717, 1.165) is 5.69 Å². The number of ether oxygens (including phenoxy) is 1. The second-order valence-electron chi connectivity index (χ2n) is 3.51. The average Bonchev–Trinajstić information content (AvgIpc) is 2.61. The fraction of sp³-hybridized carbons (Fsp3) is 0.400. The van der Waals surface area contributed by atoms with Crippen LogP contribution in [0.25, 0.3) is 0 Å². The van der Waals surface area contributed by atoms with Crippen molar-refractivity contribution in [1.29, 1.82) is 0 Å². The lowest BCUT2D eigenvalue weighted by Crippen LogP contribution is -2.21. The van der Waals surface area contributed by atoms with E-state index in [-0.39, 0.29) is 12.3 Å². The molecule has 0 saturated carbocycles. The van der Waals surface area contributed by atoms with Crippen molar-refractivity contribution in [3.63, 3.8) is 0 Å². The van der Waals surface area contributed by atoms with Crippen LogP contribution < -0.4 is 5.01 Å². The molecule has 0 radical (unpaired) electrons. The van der Waals surface area contributed by atoms with E-state index < -0.39 is 0 Å². The first-order valence-electron chi connectivity index (χ1n) is 4.89. The van der Waals surface area contributed by atoms with Crippen molar-refractivity contribution in [2.75, 3.05) is 18.7 Å². The Bertz CT molecular complexity index is 427. The summed E-state index contributed by atoms with van der Waals surface area (Å²) in [5.74, 6) is 0.340. The second-order valence-corrected chi connectivity index (χ2v) is 3.51. The summed E-state index contributed by atoms with van der Waals surface area (Å²) in [7, 11) is 1.57. The summed E-state index contributed by atoms with van der Waals surface area (Å²) in [4.78, 5) is 11.6. The molecule has 0 saturated heterocycles. The molecule has 84 valence electrons. The molecule has 0 fully saturated rings. The molecule has 16 heavy (non-hydrogen) atoms. The van der Waals surface area contributed by atoms with Crippen molar-refractivity contribution in [2.45, 2.75) is 13.3 Å². The highest BCUT2D eigenvalue weighted by molar-refractivity contribution is 6.13. The van der Waals surface area contributed by atoms with Crippen LogP contribution in [0.15, 0.2) is 17.2 Å². The van der Waals surface area contributed by atoms with E-state index in [0.29, 0.717) is 18.1 Å². The van der Waals surface area contributed by atoms with Crippen LogP contribution in [0.5, 0.6) is 0 Å². The van der Waals surface area contributed by atoms with E-state index in [1.807, 2.05) is 6.92 Å². The van der Waals surface area contributed by atoms with Crippen molar-refractivity contribution < 1.29 is 9.53 Å². The number of anilines is 1. The van der Waals surface area contributed by atoms with E-state index >= 15 is 0 Å². The lowest BCUT2D eigenvalue weighted by Gasteiger charge is -2.08. The van der Waals surface area contributed by atoms with Crippen molar-refractivity contribution in [2.24, 2.45) is 5.10 Å². The number of methoxy groups -OCH3 is 1. The Morgan fingerprint density at radius 1 is 1.44 bits per heavy atom. The lowest BCUT2D eigenvalue weighted by atomic mass is 10.3. The van der Waals surface area contributed by atoms with Gasteiger partial charge in [-0.25, -0.2) is 0 Å². The first-order valence-corrected chi connectivity index (χ1v) is 4.89. The number of carbonyl (C=O) groups excluding carboxylic acids is 1. The molecular weight excluding hydrogens is 208 g/mol. The number of nitrogens with zero attached hydrogens (tertiary/aromatic N) is 4. The Morgan fingerprint density at radius 3 is 2.88 bits per heavy atom. The monoisotopic (exact) mass is 220 g/mol. The Morgan fingerprint density at radius 2 is 2.25 bits per heavy atom. The molecule has 0 bridgehead atoms. The minimum Gasteiger partial charge on any atom is -0.379 e. The van der Waals surface area contributed by atoms with Gasteiger partial charge in [0.05, 0.1) is 24.4 Å². The third-order valence-corrected chi connectivity index (χ3v) is 2.14. The van der Waals surface area contributed by atoms with Gasteiger partial charge in [0.1, 0.15) is 0 Å². The second kappa shape index (κ2) is 4.36. The van der Waals surface area contributed by atoms with E-state index in [9.17, 15) is 4.79 Å². The van der Waals surface area contributed by atoms with Crippen LogP contribution in [-0.4, -0.2) is 35.5 Å². The maximum atomic E-state index is 11.6. The van der Waals surface area contributed by atoms with E-state index in [1.54, 1.807) is 19.2 Å². The summed E-state index contributed by atoms with van der Waals surface area (Å²) in [5.41, 5.74) is 1.51.